The van der Waals surface area contributed by atoms with Crippen LogP contribution in [0.4, 0.5) is 6.01 Å². The fourth-order valence-electron chi connectivity index (χ4n) is 1.47. The maximum atomic E-state index is 11.9. The maximum absolute atomic E-state index is 11.9. The summed E-state index contributed by atoms with van der Waals surface area (Å²) < 4.78 is 30.6. The van der Waals surface area contributed by atoms with E-state index in [2.05, 4.69) is 19.4 Å². The van der Waals surface area contributed by atoms with Gasteiger partial charge in [0.25, 0.3) is 0 Å². The third-order valence-electron chi connectivity index (χ3n) is 2.25. The van der Waals surface area contributed by atoms with Crippen LogP contribution in [0.25, 0.3) is 0 Å². The number of aromatic nitrogens is 2. The summed E-state index contributed by atoms with van der Waals surface area (Å²) >= 11 is 0. The molecule has 8 heteroatoms. The van der Waals surface area contributed by atoms with Crippen LogP contribution < -0.4 is 4.72 Å². The molecule has 0 amide bonds. The van der Waals surface area contributed by atoms with Crippen molar-refractivity contribution in [3.63, 3.8) is 0 Å². The predicted octanol–water partition coefficient (Wildman–Crippen LogP) is 1.19. The van der Waals surface area contributed by atoms with E-state index in [9.17, 15) is 8.42 Å². The fourth-order valence-corrected chi connectivity index (χ4v) is 2.55. The Hall–Kier alpha value is -2.40. The van der Waals surface area contributed by atoms with Gasteiger partial charge in [0, 0.05) is 0 Å². The van der Waals surface area contributed by atoms with Crippen molar-refractivity contribution < 1.29 is 12.9 Å². The van der Waals surface area contributed by atoms with Crippen LogP contribution in [0.5, 0.6) is 0 Å². The summed E-state index contributed by atoms with van der Waals surface area (Å²) in [6.45, 7) is 1.58. The van der Waals surface area contributed by atoms with Crippen LogP contribution in [0.1, 0.15) is 17.0 Å². The van der Waals surface area contributed by atoms with Crippen LogP contribution in [0.15, 0.2) is 28.8 Å². The zero-order valence-electron chi connectivity index (χ0n) is 9.99. The van der Waals surface area contributed by atoms with Gasteiger partial charge in [-0.05, 0) is 18.6 Å². The molecule has 0 spiro atoms. The molecule has 0 radical (unpaired) electrons. The standard InChI is InChI=1S/C11H10N4O3S/c1-8-13-11(18-14-8)15-19(16,17)7-10-5-3-2-4-9(10)6-12/h2-5H,7H2,1H3,(H,13,14,15). The minimum atomic E-state index is -3.70. The average molecular weight is 278 g/mol. The van der Waals surface area contributed by atoms with E-state index in [0.29, 0.717) is 17.0 Å². The first-order valence-corrected chi connectivity index (χ1v) is 6.94. The minimum absolute atomic E-state index is 0.188. The highest BCUT2D eigenvalue weighted by atomic mass is 32.2. The molecule has 7 nitrogen and oxygen atoms in total. The molecule has 0 atom stereocenters. The number of aryl methyl sites for hydroxylation is 1. The number of nitriles is 1. The van der Waals surface area contributed by atoms with Gasteiger partial charge in [0.15, 0.2) is 5.82 Å². The van der Waals surface area contributed by atoms with Gasteiger partial charge in [-0.2, -0.15) is 10.2 Å². The molecule has 0 aliphatic carbocycles. The first-order valence-electron chi connectivity index (χ1n) is 5.29. The van der Waals surface area contributed by atoms with Crippen LogP contribution in [-0.4, -0.2) is 18.6 Å². The molecule has 1 aromatic carbocycles. The molecule has 0 bridgehead atoms. The molecule has 1 N–H and O–H groups in total. The van der Waals surface area contributed by atoms with Crippen molar-refractivity contribution in [1.29, 1.82) is 5.26 Å². The monoisotopic (exact) mass is 278 g/mol. The smallest absolute Gasteiger partial charge is 0.314 e. The van der Waals surface area contributed by atoms with Crippen LogP contribution >= 0.6 is 0 Å². The number of nitrogens with zero attached hydrogens (tertiary/aromatic N) is 3. The van der Waals surface area contributed by atoms with Crippen LogP contribution in [0.2, 0.25) is 0 Å². The Balaban J connectivity index is 2.20. The molecule has 0 aliphatic rings. The lowest BCUT2D eigenvalue weighted by molar-refractivity contribution is 0.429. The summed E-state index contributed by atoms with van der Waals surface area (Å²) in [5, 5.41) is 12.4. The zero-order valence-corrected chi connectivity index (χ0v) is 10.8. The summed E-state index contributed by atoms with van der Waals surface area (Å²) in [5.41, 5.74) is 0.725. The summed E-state index contributed by atoms with van der Waals surface area (Å²) in [7, 11) is -3.70. The van der Waals surface area contributed by atoms with Gasteiger partial charge in [-0.15, -0.1) is 0 Å². The summed E-state index contributed by atoms with van der Waals surface area (Å²) in [6, 6.07) is 8.23. The predicted molar refractivity (Wildman–Crippen MR) is 66.4 cm³/mol. The Morgan fingerprint density at radius 3 is 2.79 bits per heavy atom. The SMILES string of the molecule is Cc1noc(NS(=O)(=O)Cc2ccccc2C#N)n1. The van der Waals surface area contributed by atoms with E-state index in [4.69, 9.17) is 5.26 Å². The first-order chi connectivity index (χ1) is 9.00. The van der Waals surface area contributed by atoms with E-state index < -0.39 is 10.0 Å². The van der Waals surface area contributed by atoms with E-state index >= 15 is 0 Å². The van der Waals surface area contributed by atoms with Crippen molar-refractivity contribution in [2.24, 2.45) is 0 Å². The van der Waals surface area contributed by atoms with Crippen molar-refractivity contribution in [2.75, 3.05) is 4.72 Å². The van der Waals surface area contributed by atoms with Crippen molar-refractivity contribution in [2.45, 2.75) is 12.7 Å². The number of nitrogens with one attached hydrogen (secondary N) is 1. The second-order valence-corrected chi connectivity index (χ2v) is 5.50. The Morgan fingerprint density at radius 1 is 1.42 bits per heavy atom. The summed E-state index contributed by atoms with van der Waals surface area (Å²) in [4.78, 5) is 3.75. The van der Waals surface area contributed by atoms with E-state index in [-0.39, 0.29) is 11.8 Å². The third kappa shape index (κ3) is 3.29. The van der Waals surface area contributed by atoms with Gasteiger partial charge in [0.05, 0.1) is 17.4 Å². The quantitative estimate of drug-likeness (QED) is 0.899. The lowest BCUT2D eigenvalue weighted by atomic mass is 10.1. The second kappa shape index (κ2) is 5.07. The normalized spacial score (nSPS) is 10.9. The largest absolute Gasteiger partial charge is 0.335 e. The van der Waals surface area contributed by atoms with Gasteiger partial charge in [0.2, 0.25) is 10.0 Å². The van der Waals surface area contributed by atoms with Gasteiger partial charge in [-0.1, -0.05) is 23.4 Å². The highest BCUT2D eigenvalue weighted by molar-refractivity contribution is 7.91. The lowest BCUT2D eigenvalue weighted by Gasteiger charge is -2.05. The molecular formula is C11H10N4O3S. The van der Waals surface area contributed by atoms with Crippen molar-refractivity contribution in [3.8, 4) is 6.07 Å². The van der Waals surface area contributed by atoms with Gasteiger partial charge >= 0.3 is 6.01 Å². The highest BCUT2D eigenvalue weighted by Crippen LogP contribution is 2.14. The Kier molecular flexibility index (Phi) is 3.48. The molecule has 0 saturated carbocycles. The van der Waals surface area contributed by atoms with Gasteiger partial charge in [0.1, 0.15) is 0 Å². The Labute approximate surface area is 109 Å². The van der Waals surface area contributed by atoms with Gasteiger partial charge in [-0.25, -0.2) is 13.1 Å². The number of anilines is 1. The zero-order chi connectivity index (χ0) is 13.9. The fraction of sp³-hybridized carbons (Fsp3) is 0.182. The lowest BCUT2D eigenvalue weighted by Crippen LogP contribution is -2.16. The molecule has 0 saturated heterocycles. The molecule has 0 fully saturated rings. The number of benzene rings is 1. The molecular weight excluding hydrogens is 268 g/mol. The second-order valence-electron chi connectivity index (χ2n) is 3.78. The van der Waals surface area contributed by atoms with Crippen molar-refractivity contribution in [3.05, 3.63) is 41.2 Å². The van der Waals surface area contributed by atoms with Gasteiger partial charge in [-0.3, -0.25) is 0 Å². The van der Waals surface area contributed by atoms with E-state index in [0.717, 1.165) is 0 Å². The topological polar surface area (TPSA) is 109 Å². The third-order valence-corrected chi connectivity index (χ3v) is 3.43. The Bertz CT molecular complexity index is 730. The molecule has 0 aliphatic heterocycles. The summed E-state index contributed by atoms with van der Waals surface area (Å²) in [6.07, 6.45) is 0. The molecule has 19 heavy (non-hydrogen) atoms. The van der Waals surface area contributed by atoms with Crippen molar-refractivity contribution in [1.82, 2.24) is 10.1 Å². The molecule has 1 heterocycles. The molecule has 2 rings (SSSR count). The van der Waals surface area contributed by atoms with Crippen molar-refractivity contribution >= 4 is 16.0 Å². The molecule has 2 aromatic rings. The van der Waals surface area contributed by atoms with Crippen LogP contribution in [0.3, 0.4) is 0 Å². The molecule has 0 unspecified atom stereocenters. The summed E-state index contributed by atoms with van der Waals surface area (Å²) in [5.74, 6) is -0.00634. The van der Waals surface area contributed by atoms with Gasteiger partial charge < -0.3 is 4.52 Å². The number of sulfonamides is 1. The molecule has 1 aromatic heterocycles. The minimum Gasteiger partial charge on any atom is -0.314 e. The van der Waals surface area contributed by atoms with Crippen LogP contribution in [0, 0.1) is 18.3 Å². The van der Waals surface area contributed by atoms with E-state index in [1.54, 1.807) is 31.2 Å². The highest BCUT2D eigenvalue weighted by Gasteiger charge is 2.17. The number of hydrogen-bond acceptors (Lipinski definition) is 6. The van der Waals surface area contributed by atoms with E-state index in [1.807, 2.05) is 6.07 Å². The number of hydrogen-bond donors (Lipinski definition) is 1. The van der Waals surface area contributed by atoms with Crippen LogP contribution in [-0.2, 0) is 15.8 Å². The Morgan fingerprint density at radius 2 is 2.16 bits per heavy atom. The van der Waals surface area contributed by atoms with E-state index in [1.165, 1.54) is 0 Å². The molecule has 98 valence electrons. The first kappa shape index (κ1) is 13.0. The maximum Gasteiger partial charge on any atom is 0.335 e. The average Bonchev–Trinajstić information content (AvgIpc) is 2.74. The number of rotatable bonds is 4.